The van der Waals surface area contributed by atoms with Crippen LogP contribution in [0.1, 0.15) is 16.1 Å². The number of carbonyl (C=O) groups is 3. The fourth-order valence-corrected chi connectivity index (χ4v) is 2.73. The molecule has 4 N–H and O–H groups in total. The van der Waals surface area contributed by atoms with Crippen LogP contribution in [0, 0.1) is 12.7 Å². The molecule has 1 aliphatic heterocycles. The Morgan fingerprint density at radius 3 is 2.81 bits per heavy atom. The molecule has 4 amide bonds. The average Bonchev–Trinajstić information content (AvgIpc) is 2.92. The highest BCUT2D eigenvalue weighted by molar-refractivity contribution is 9.10. The van der Waals surface area contributed by atoms with Crippen LogP contribution in [0.15, 0.2) is 22.9 Å². The first-order chi connectivity index (χ1) is 12.3. The number of nitrogens with zero attached hydrogens (tertiary/aromatic N) is 3. The quantitative estimate of drug-likeness (QED) is 0.643. The zero-order valence-electron chi connectivity index (χ0n) is 13.3. The number of anilines is 3. The number of urea groups is 1. The molecule has 1 fully saturated rings. The van der Waals surface area contributed by atoms with Crippen molar-refractivity contribution in [3.05, 3.63) is 40.0 Å². The van der Waals surface area contributed by atoms with E-state index in [0.29, 0.717) is 9.50 Å². The summed E-state index contributed by atoms with van der Waals surface area (Å²) in [4.78, 5) is 44.6. The number of imide groups is 1. The van der Waals surface area contributed by atoms with E-state index in [1.807, 2.05) is 0 Å². The van der Waals surface area contributed by atoms with Crippen molar-refractivity contribution >= 4 is 51.0 Å². The van der Waals surface area contributed by atoms with Gasteiger partial charge in [-0.2, -0.15) is 0 Å². The number of halogens is 2. The maximum absolute atomic E-state index is 14.3. The highest BCUT2D eigenvalue weighted by Gasteiger charge is 2.34. The molecule has 0 atom stereocenters. The second-order valence-electron chi connectivity index (χ2n) is 5.34. The standard InChI is InChI=1S/C15H12BrFN6O3/c1-6-8(21-14(25)11-13(18)19-4-9(16)22-11)3-2-7(17)12(6)23-10(24)5-20-15(23)26/h2-4H,5H2,1H3,(H2,18,19)(H,20,26)(H,21,25). The van der Waals surface area contributed by atoms with Gasteiger partial charge in [-0.1, -0.05) is 0 Å². The number of nitrogens with one attached hydrogen (secondary N) is 2. The van der Waals surface area contributed by atoms with E-state index in [4.69, 9.17) is 5.73 Å². The predicted molar refractivity (Wildman–Crippen MR) is 94.1 cm³/mol. The van der Waals surface area contributed by atoms with E-state index in [9.17, 15) is 18.8 Å². The fourth-order valence-electron chi connectivity index (χ4n) is 2.45. The Kier molecular flexibility index (Phi) is 4.55. The predicted octanol–water partition coefficient (Wildman–Crippen LogP) is 1.58. The van der Waals surface area contributed by atoms with E-state index in [0.717, 1.165) is 6.07 Å². The SMILES string of the molecule is Cc1c(NC(=O)c2nc(Br)cnc2N)ccc(F)c1N1C(=O)CNC1=O. The van der Waals surface area contributed by atoms with Crippen molar-refractivity contribution in [3.8, 4) is 0 Å². The van der Waals surface area contributed by atoms with E-state index >= 15 is 0 Å². The Bertz CT molecular complexity index is 935. The second-order valence-corrected chi connectivity index (χ2v) is 6.15. The summed E-state index contributed by atoms with van der Waals surface area (Å²) in [6, 6.07) is 1.63. The maximum atomic E-state index is 14.3. The molecule has 0 unspecified atom stereocenters. The van der Waals surface area contributed by atoms with Gasteiger partial charge in [0.15, 0.2) is 11.5 Å². The number of nitrogen functional groups attached to an aromatic ring is 1. The van der Waals surface area contributed by atoms with Gasteiger partial charge in [0.25, 0.3) is 11.8 Å². The van der Waals surface area contributed by atoms with Gasteiger partial charge in [-0.3, -0.25) is 9.59 Å². The highest BCUT2D eigenvalue weighted by atomic mass is 79.9. The van der Waals surface area contributed by atoms with E-state index < -0.39 is 23.7 Å². The number of rotatable bonds is 3. The summed E-state index contributed by atoms with van der Waals surface area (Å²) in [5, 5.41) is 4.85. The van der Waals surface area contributed by atoms with Gasteiger partial charge in [0.1, 0.15) is 10.4 Å². The van der Waals surface area contributed by atoms with Crippen LogP contribution in [0.5, 0.6) is 0 Å². The van der Waals surface area contributed by atoms with Gasteiger partial charge < -0.3 is 16.4 Å². The summed E-state index contributed by atoms with van der Waals surface area (Å²) in [7, 11) is 0. The van der Waals surface area contributed by atoms with Crippen molar-refractivity contribution in [3.63, 3.8) is 0 Å². The Balaban J connectivity index is 1.98. The van der Waals surface area contributed by atoms with Crippen molar-refractivity contribution in [2.45, 2.75) is 6.92 Å². The first-order valence-corrected chi connectivity index (χ1v) is 8.08. The van der Waals surface area contributed by atoms with E-state index in [1.54, 1.807) is 0 Å². The van der Waals surface area contributed by atoms with Crippen molar-refractivity contribution in [2.75, 3.05) is 22.5 Å². The summed E-state index contributed by atoms with van der Waals surface area (Å²) >= 11 is 3.10. The fraction of sp³-hybridized carbons (Fsp3) is 0.133. The third kappa shape index (κ3) is 3.08. The van der Waals surface area contributed by atoms with Crippen LogP contribution in [-0.2, 0) is 4.79 Å². The lowest BCUT2D eigenvalue weighted by atomic mass is 10.1. The molecular formula is C15H12BrFN6O3. The smallest absolute Gasteiger partial charge is 0.329 e. The minimum absolute atomic E-state index is 0.0835. The number of benzene rings is 1. The van der Waals surface area contributed by atoms with Crippen LogP contribution < -0.4 is 21.3 Å². The topological polar surface area (TPSA) is 130 Å². The Morgan fingerprint density at radius 1 is 1.42 bits per heavy atom. The van der Waals surface area contributed by atoms with Crippen LogP contribution in [0.4, 0.5) is 26.4 Å². The molecule has 1 aromatic heterocycles. The monoisotopic (exact) mass is 422 g/mol. The van der Waals surface area contributed by atoms with Crippen LogP contribution in [-0.4, -0.2) is 34.4 Å². The molecule has 2 aromatic rings. The third-order valence-corrected chi connectivity index (χ3v) is 4.07. The third-order valence-electron chi connectivity index (χ3n) is 3.68. The number of amides is 4. The number of aromatic nitrogens is 2. The maximum Gasteiger partial charge on any atom is 0.329 e. The Morgan fingerprint density at radius 2 is 2.15 bits per heavy atom. The van der Waals surface area contributed by atoms with Crippen LogP contribution >= 0.6 is 15.9 Å². The van der Waals surface area contributed by atoms with Gasteiger partial charge in [-0.15, -0.1) is 0 Å². The lowest BCUT2D eigenvalue weighted by molar-refractivity contribution is -0.115. The Hall–Kier alpha value is -3.08. The number of hydrogen-bond acceptors (Lipinski definition) is 6. The summed E-state index contributed by atoms with van der Waals surface area (Å²) in [5.74, 6) is -2.12. The molecule has 0 aliphatic carbocycles. The van der Waals surface area contributed by atoms with Gasteiger partial charge >= 0.3 is 6.03 Å². The Labute approximate surface area is 154 Å². The summed E-state index contributed by atoms with van der Waals surface area (Å²) in [6.07, 6.45) is 1.34. The van der Waals surface area contributed by atoms with E-state index in [-0.39, 0.29) is 35.0 Å². The van der Waals surface area contributed by atoms with Gasteiger partial charge in [0, 0.05) is 5.69 Å². The molecule has 9 nitrogen and oxygen atoms in total. The molecule has 1 saturated heterocycles. The number of hydrogen-bond donors (Lipinski definition) is 3. The second kappa shape index (κ2) is 6.67. The lowest BCUT2D eigenvalue weighted by Gasteiger charge is -2.19. The zero-order chi connectivity index (χ0) is 19.0. The molecule has 0 bridgehead atoms. The van der Waals surface area contributed by atoms with Crippen molar-refractivity contribution in [2.24, 2.45) is 0 Å². The number of carbonyl (C=O) groups excluding carboxylic acids is 3. The van der Waals surface area contributed by atoms with Gasteiger partial charge in [0.05, 0.1) is 18.4 Å². The molecule has 0 radical (unpaired) electrons. The van der Waals surface area contributed by atoms with Crippen LogP contribution in [0.25, 0.3) is 0 Å². The summed E-state index contributed by atoms with van der Waals surface area (Å²) in [5.41, 5.74) is 5.69. The molecule has 26 heavy (non-hydrogen) atoms. The normalized spacial score (nSPS) is 13.7. The van der Waals surface area contributed by atoms with E-state index in [1.165, 1.54) is 19.2 Å². The van der Waals surface area contributed by atoms with Gasteiger partial charge in [0.2, 0.25) is 0 Å². The molecule has 0 spiro atoms. The van der Waals surface area contributed by atoms with Gasteiger partial charge in [-0.25, -0.2) is 24.1 Å². The molecule has 3 rings (SSSR count). The van der Waals surface area contributed by atoms with Crippen molar-refractivity contribution in [1.29, 1.82) is 0 Å². The van der Waals surface area contributed by atoms with Crippen molar-refractivity contribution < 1.29 is 18.8 Å². The van der Waals surface area contributed by atoms with Crippen LogP contribution in [0.2, 0.25) is 0 Å². The van der Waals surface area contributed by atoms with Crippen LogP contribution in [0.3, 0.4) is 0 Å². The number of nitrogens with two attached hydrogens (primary N) is 1. The molecular weight excluding hydrogens is 411 g/mol. The molecule has 1 aliphatic rings. The molecule has 11 heteroatoms. The molecule has 2 heterocycles. The summed E-state index contributed by atoms with van der Waals surface area (Å²) in [6.45, 7) is 1.25. The minimum atomic E-state index is -0.771. The van der Waals surface area contributed by atoms with Crippen molar-refractivity contribution in [1.82, 2.24) is 15.3 Å². The highest BCUT2D eigenvalue weighted by Crippen LogP contribution is 2.31. The first-order valence-electron chi connectivity index (χ1n) is 7.29. The zero-order valence-corrected chi connectivity index (χ0v) is 14.9. The minimum Gasteiger partial charge on any atom is -0.382 e. The molecule has 134 valence electrons. The first kappa shape index (κ1) is 17.7. The molecule has 0 saturated carbocycles. The van der Waals surface area contributed by atoms with Gasteiger partial charge in [-0.05, 0) is 40.5 Å². The van der Waals surface area contributed by atoms with E-state index in [2.05, 4.69) is 36.5 Å². The largest absolute Gasteiger partial charge is 0.382 e. The lowest BCUT2D eigenvalue weighted by Crippen LogP contribution is -2.32. The summed E-state index contributed by atoms with van der Waals surface area (Å²) < 4.78 is 14.6. The average molecular weight is 423 g/mol. The molecule has 1 aromatic carbocycles.